The van der Waals surface area contributed by atoms with Gasteiger partial charge in [-0.15, -0.1) is 0 Å². The van der Waals surface area contributed by atoms with Gasteiger partial charge in [-0.05, 0) is 37.6 Å². The van der Waals surface area contributed by atoms with Gasteiger partial charge in [0.1, 0.15) is 17.3 Å². The molecule has 2 aromatic heterocycles. The normalized spacial score (nSPS) is 11.5. The molecule has 0 unspecified atom stereocenters. The molecular formula is C20H24N4O4. The number of hydrogen-bond acceptors (Lipinski definition) is 5. The maximum atomic E-state index is 12.8. The Morgan fingerprint density at radius 2 is 1.57 bits per heavy atom. The third-order valence-electron chi connectivity index (χ3n) is 4.71. The number of nitrogens with zero attached hydrogens (tertiary/aromatic N) is 4. The molecule has 0 aliphatic carbocycles. The maximum absolute atomic E-state index is 12.8. The van der Waals surface area contributed by atoms with Crippen LogP contribution in [0.25, 0.3) is 23.3 Å². The average molecular weight is 384 g/mol. The van der Waals surface area contributed by atoms with Gasteiger partial charge in [0.25, 0.3) is 5.56 Å². The molecule has 8 nitrogen and oxygen atoms in total. The van der Waals surface area contributed by atoms with Gasteiger partial charge in [-0.25, -0.2) is 9.78 Å². The molecule has 0 atom stereocenters. The topological polar surface area (TPSA) is 80.3 Å². The molecule has 0 spiro atoms. The van der Waals surface area contributed by atoms with E-state index in [2.05, 4.69) is 4.98 Å². The molecule has 0 aliphatic rings. The third kappa shape index (κ3) is 3.21. The number of fused-ring (bicyclic) bond motifs is 1. The molecule has 0 saturated heterocycles. The lowest BCUT2D eigenvalue weighted by Gasteiger charge is -2.08. The molecule has 1 aromatic carbocycles. The molecule has 0 amide bonds. The zero-order valence-electron chi connectivity index (χ0n) is 16.7. The molecule has 0 radical (unpaired) electrons. The van der Waals surface area contributed by atoms with Gasteiger partial charge in [-0.3, -0.25) is 13.9 Å². The fourth-order valence-electron chi connectivity index (χ4n) is 3.19. The summed E-state index contributed by atoms with van der Waals surface area (Å²) in [5, 5.41) is 0. The highest BCUT2D eigenvalue weighted by Crippen LogP contribution is 2.24. The first kappa shape index (κ1) is 19.5. The van der Waals surface area contributed by atoms with Crippen LogP contribution in [0.2, 0.25) is 0 Å². The second kappa shape index (κ2) is 7.75. The van der Waals surface area contributed by atoms with Crippen molar-refractivity contribution in [1.29, 1.82) is 0 Å². The van der Waals surface area contributed by atoms with Crippen molar-refractivity contribution in [2.75, 3.05) is 14.2 Å². The SMILES string of the molecule is CCn1c(=O)c2c(nc(C=Cc3cc(OC)cc(OC)c3)n2C)n(CC)c1=O. The number of aryl methyl sites for hydroxylation is 2. The monoisotopic (exact) mass is 384 g/mol. The first-order chi connectivity index (χ1) is 13.4. The molecule has 148 valence electrons. The number of aromatic nitrogens is 4. The molecule has 8 heteroatoms. The highest BCUT2D eigenvalue weighted by atomic mass is 16.5. The Kier molecular flexibility index (Phi) is 5.39. The van der Waals surface area contributed by atoms with Crippen molar-refractivity contribution in [3.63, 3.8) is 0 Å². The Bertz CT molecular complexity index is 1150. The second-order valence-electron chi connectivity index (χ2n) is 6.26. The minimum absolute atomic E-state index is 0.313. The van der Waals surface area contributed by atoms with Crippen LogP contribution in [0.4, 0.5) is 0 Å². The molecule has 2 heterocycles. The number of ether oxygens (including phenoxy) is 2. The number of benzene rings is 1. The van der Waals surface area contributed by atoms with Gasteiger partial charge < -0.3 is 14.0 Å². The van der Waals surface area contributed by atoms with Crippen molar-refractivity contribution in [3.8, 4) is 11.5 Å². The minimum atomic E-state index is -0.339. The lowest BCUT2D eigenvalue weighted by atomic mass is 10.2. The van der Waals surface area contributed by atoms with E-state index in [1.807, 2.05) is 25.1 Å². The van der Waals surface area contributed by atoms with E-state index in [-0.39, 0.29) is 11.2 Å². The van der Waals surface area contributed by atoms with E-state index in [4.69, 9.17) is 9.47 Å². The summed E-state index contributed by atoms with van der Waals surface area (Å²) >= 11 is 0. The largest absolute Gasteiger partial charge is 0.497 e. The van der Waals surface area contributed by atoms with Gasteiger partial charge >= 0.3 is 5.69 Å². The predicted octanol–water partition coefficient (Wildman–Crippen LogP) is 2.12. The van der Waals surface area contributed by atoms with Crippen LogP contribution in [-0.2, 0) is 20.1 Å². The van der Waals surface area contributed by atoms with Crippen LogP contribution in [0.1, 0.15) is 25.2 Å². The molecule has 3 rings (SSSR count). The van der Waals surface area contributed by atoms with Crippen molar-refractivity contribution < 1.29 is 9.47 Å². The van der Waals surface area contributed by atoms with Crippen LogP contribution >= 0.6 is 0 Å². The van der Waals surface area contributed by atoms with E-state index < -0.39 is 0 Å². The van der Waals surface area contributed by atoms with E-state index in [1.54, 1.807) is 44.9 Å². The Balaban J connectivity index is 2.17. The average Bonchev–Trinajstić information content (AvgIpc) is 3.03. The van der Waals surface area contributed by atoms with Crippen LogP contribution < -0.4 is 20.7 Å². The summed E-state index contributed by atoms with van der Waals surface area (Å²) in [5.41, 5.74) is 0.999. The highest BCUT2D eigenvalue weighted by molar-refractivity contribution is 5.77. The van der Waals surface area contributed by atoms with Crippen LogP contribution in [0.15, 0.2) is 27.8 Å². The number of rotatable bonds is 6. The van der Waals surface area contributed by atoms with E-state index in [0.29, 0.717) is 41.6 Å². The van der Waals surface area contributed by atoms with Crippen molar-refractivity contribution in [1.82, 2.24) is 18.7 Å². The lowest BCUT2D eigenvalue weighted by Crippen LogP contribution is -2.39. The summed E-state index contributed by atoms with van der Waals surface area (Å²) < 4.78 is 15.0. The predicted molar refractivity (Wildman–Crippen MR) is 109 cm³/mol. The number of hydrogen-bond donors (Lipinski definition) is 0. The van der Waals surface area contributed by atoms with Gasteiger partial charge in [0.2, 0.25) is 0 Å². The van der Waals surface area contributed by atoms with Gasteiger partial charge in [0.15, 0.2) is 11.2 Å². The first-order valence-corrected chi connectivity index (χ1v) is 9.06. The van der Waals surface area contributed by atoms with Crippen molar-refractivity contribution in [2.24, 2.45) is 7.05 Å². The zero-order valence-corrected chi connectivity index (χ0v) is 16.7. The Hall–Kier alpha value is -3.29. The standard InChI is InChI=1S/C20H24N4O4/c1-6-23-18-17(19(25)24(7-2)20(23)26)22(3)16(21-18)9-8-13-10-14(27-4)12-15(11-13)28-5/h8-12H,6-7H2,1-5H3. The third-order valence-corrected chi connectivity index (χ3v) is 4.71. The molecule has 0 saturated carbocycles. The Morgan fingerprint density at radius 1 is 0.964 bits per heavy atom. The van der Waals surface area contributed by atoms with Crippen molar-refractivity contribution >= 4 is 23.3 Å². The van der Waals surface area contributed by atoms with Crippen LogP contribution in [0.5, 0.6) is 11.5 Å². The quantitative estimate of drug-likeness (QED) is 0.650. The molecule has 3 aromatic rings. The highest BCUT2D eigenvalue weighted by Gasteiger charge is 2.17. The first-order valence-electron chi connectivity index (χ1n) is 9.06. The summed E-state index contributed by atoms with van der Waals surface area (Å²) in [6.45, 7) is 4.39. The summed E-state index contributed by atoms with van der Waals surface area (Å²) in [5.74, 6) is 1.92. The fraction of sp³-hybridized carbons (Fsp3) is 0.350. The van der Waals surface area contributed by atoms with Crippen molar-refractivity contribution in [3.05, 3.63) is 50.4 Å². The van der Waals surface area contributed by atoms with E-state index in [1.165, 1.54) is 9.13 Å². The zero-order chi connectivity index (χ0) is 20.4. The van der Waals surface area contributed by atoms with Crippen molar-refractivity contribution in [2.45, 2.75) is 26.9 Å². The smallest absolute Gasteiger partial charge is 0.332 e. The van der Waals surface area contributed by atoms with Gasteiger partial charge in [0, 0.05) is 26.2 Å². The summed E-state index contributed by atoms with van der Waals surface area (Å²) in [4.78, 5) is 29.8. The number of imidazole rings is 1. The number of methoxy groups -OCH3 is 2. The van der Waals surface area contributed by atoms with Gasteiger partial charge in [-0.1, -0.05) is 6.08 Å². The molecule has 28 heavy (non-hydrogen) atoms. The van der Waals surface area contributed by atoms with Gasteiger partial charge in [0.05, 0.1) is 14.2 Å². The lowest BCUT2D eigenvalue weighted by molar-refractivity contribution is 0.394. The van der Waals surface area contributed by atoms with Gasteiger partial charge in [-0.2, -0.15) is 0 Å². The maximum Gasteiger partial charge on any atom is 0.332 e. The van der Waals surface area contributed by atoms with Crippen LogP contribution in [0, 0.1) is 0 Å². The molecule has 0 fully saturated rings. The minimum Gasteiger partial charge on any atom is -0.497 e. The summed E-state index contributed by atoms with van der Waals surface area (Å²) in [6, 6.07) is 5.53. The second-order valence-corrected chi connectivity index (χ2v) is 6.26. The van der Waals surface area contributed by atoms with Crippen LogP contribution in [0.3, 0.4) is 0 Å². The summed E-state index contributed by atoms with van der Waals surface area (Å²) in [7, 11) is 4.96. The fourth-order valence-corrected chi connectivity index (χ4v) is 3.19. The molecule has 0 N–H and O–H groups in total. The van der Waals surface area contributed by atoms with Crippen LogP contribution in [-0.4, -0.2) is 32.9 Å². The molecule has 0 bridgehead atoms. The molecular weight excluding hydrogens is 360 g/mol. The molecule has 0 aliphatic heterocycles. The summed E-state index contributed by atoms with van der Waals surface area (Å²) in [6.07, 6.45) is 3.66. The van der Waals surface area contributed by atoms with E-state index in [9.17, 15) is 9.59 Å². The van der Waals surface area contributed by atoms with E-state index >= 15 is 0 Å². The Labute approximate surface area is 162 Å². The Morgan fingerprint density at radius 3 is 2.11 bits per heavy atom. The van der Waals surface area contributed by atoms with E-state index in [0.717, 1.165) is 5.56 Å².